The van der Waals surface area contributed by atoms with E-state index in [0.29, 0.717) is 5.92 Å². The van der Waals surface area contributed by atoms with Crippen molar-refractivity contribution < 1.29 is 8.42 Å². The van der Waals surface area contributed by atoms with E-state index in [9.17, 15) is 8.42 Å². The second-order valence-electron chi connectivity index (χ2n) is 6.25. The predicted octanol–water partition coefficient (Wildman–Crippen LogP) is 5.12. The van der Waals surface area contributed by atoms with Crippen molar-refractivity contribution in [2.75, 3.05) is 0 Å². The number of nitrogens with one attached hydrogen (secondary N) is 1. The summed E-state index contributed by atoms with van der Waals surface area (Å²) < 4.78 is 25.2. The van der Waals surface area contributed by atoms with Gasteiger partial charge in [0.25, 0.3) is 10.0 Å². The van der Waals surface area contributed by atoms with Crippen molar-refractivity contribution in [3.8, 4) is 0 Å². The number of sulfonamides is 1. The molecular weight excluding hydrogens is 318 g/mol. The standard InChI is InChI=1S/C17H26ClNO2S/c18-19-22(20,21)17-13-11-16(12-14-17)15-9-7-5-3-1-2-4-6-8-10-15/h11-15,19H,1-10H2. The Morgan fingerprint density at radius 2 is 1.27 bits per heavy atom. The first kappa shape index (κ1) is 17.8. The minimum absolute atomic E-state index is 0.225. The summed E-state index contributed by atoms with van der Waals surface area (Å²) in [5.41, 5.74) is 1.26. The van der Waals surface area contributed by atoms with E-state index in [1.807, 2.05) is 16.4 Å². The van der Waals surface area contributed by atoms with Gasteiger partial charge >= 0.3 is 0 Å². The molecule has 3 nitrogen and oxygen atoms in total. The Bertz CT molecular complexity index is 530. The Morgan fingerprint density at radius 1 is 0.818 bits per heavy atom. The van der Waals surface area contributed by atoms with Crippen LogP contribution >= 0.6 is 11.8 Å². The molecule has 124 valence electrons. The molecule has 0 spiro atoms. The minimum atomic E-state index is -3.56. The normalized spacial score (nSPS) is 19.5. The van der Waals surface area contributed by atoms with Gasteiger partial charge in [-0.2, -0.15) is 0 Å². The van der Waals surface area contributed by atoms with E-state index in [0.717, 1.165) is 0 Å². The van der Waals surface area contributed by atoms with Gasteiger partial charge in [-0.05, 0) is 48.2 Å². The molecule has 0 amide bonds. The van der Waals surface area contributed by atoms with E-state index in [2.05, 4.69) is 0 Å². The highest BCUT2D eigenvalue weighted by molar-refractivity contribution is 7.90. The van der Waals surface area contributed by atoms with Crippen LogP contribution in [0.1, 0.15) is 75.7 Å². The smallest absolute Gasteiger partial charge is 0.206 e. The highest BCUT2D eigenvalue weighted by Crippen LogP contribution is 2.30. The average Bonchev–Trinajstić information content (AvgIpc) is 2.60. The highest BCUT2D eigenvalue weighted by Gasteiger charge is 2.15. The first-order valence-electron chi connectivity index (χ1n) is 8.36. The molecule has 1 aromatic rings. The molecule has 0 atom stereocenters. The van der Waals surface area contributed by atoms with Crippen molar-refractivity contribution >= 4 is 21.8 Å². The fourth-order valence-corrected chi connectivity index (χ4v) is 4.13. The summed E-state index contributed by atoms with van der Waals surface area (Å²) in [6.45, 7) is 0. The zero-order valence-electron chi connectivity index (χ0n) is 13.1. The first-order chi connectivity index (χ1) is 10.6. The van der Waals surface area contributed by atoms with E-state index in [1.165, 1.54) is 69.8 Å². The van der Waals surface area contributed by atoms with Crippen LogP contribution in [0.4, 0.5) is 0 Å². The van der Waals surface area contributed by atoms with Crippen LogP contribution in [0, 0.1) is 0 Å². The highest BCUT2D eigenvalue weighted by atomic mass is 35.5. The molecular formula is C17H26ClNO2S. The van der Waals surface area contributed by atoms with Crippen molar-refractivity contribution in [2.45, 2.75) is 75.0 Å². The maximum absolute atomic E-state index is 11.7. The van der Waals surface area contributed by atoms with Crippen molar-refractivity contribution in [2.24, 2.45) is 0 Å². The number of rotatable bonds is 3. The quantitative estimate of drug-likeness (QED) is 0.774. The second kappa shape index (κ2) is 8.90. The van der Waals surface area contributed by atoms with Gasteiger partial charge in [0.05, 0.1) is 4.90 Å². The van der Waals surface area contributed by atoms with Crippen LogP contribution in [0.2, 0.25) is 0 Å². The largest absolute Gasteiger partial charge is 0.253 e. The van der Waals surface area contributed by atoms with Crippen molar-refractivity contribution in [1.29, 1.82) is 0 Å². The number of halogens is 1. The molecule has 1 fully saturated rings. The molecule has 22 heavy (non-hydrogen) atoms. The zero-order chi connectivity index (χ0) is 15.8. The molecule has 0 saturated heterocycles. The van der Waals surface area contributed by atoms with Gasteiger partial charge in [0.1, 0.15) is 0 Å². The predicted molar refractivity (Wildman–Crippen MR) is 91.5 cm³/mol. The molecule has 1 N–H and O–H groups in total. The minimum Gasteiger partial charge on any atom is -0.206 e. The molecule has 0 unspecified atom stereocenters. The molecule has 0 heterocycles. The zero-order valence-corrected chi connectivity index (χ0v) is 14.6. The third-order valence-corrected chi connectivity index (χ3v) is 6.32. The molecule has 1 aliphatic rings. The van der Waals surface area contributed by atoms with Crippen LogP contribution < -0.4 is 4.24 Å². The molecule has 0 bridgehead atoms. The molecule has 5 heteroatoms. The summed E-state index contributed by atoms with van der Waals surface area (Å²) in [5.74, 6) is 0.554. The van der Waals surface area contributed by atoms with E-state index in [1.54, 1.807) is 12.1 Å². The van der Waals surface area contributed by atoms with Crippen molar-refractivity contribution in [3.05, 3.63) is 29.8 Å². The van der Waals surface area contributed by atoms with Crippen molar-refractivity contribution in [3.63, 3.8) is 0 Å². The molecule has 0 aromatic heterocycles. The second-order valence-corrected chi connectivity index (χ2v) is 8.35. The van der Waals surface area contributed by atoms with Crippen LogP contribution in [0.25, 0.3) is 0 Å². The van der Waals surface area contributed by atoms with Crippen LogP contribution in [0.3, 0.4) is 0 Å². The fraction of sp³-hybridized carbons (Fsp3) is 0.647. The maximum Gasteiger partial charge on any atom is 0.253 e. The van der Waals surface area contributed by atoms with Gasteiger partial charge in [0.15, 0.2) is 0 Å². The summed E-state index contributed by atoms with van der Waals surface area (Å²) in [6.07, 6.45) is 13.1. The fourth-order valence-electron chi connectivity index (χ4n) is 3.28. The van der Waals surface area contributed by atoms with Gasteiger partial charge in [-0.15, -0.1) is 4.24 Å². The lowest BCUT2D eigenvalue weighted by Gasteiger charge is -2.17. The molecule has 0 radical (unpaired) electrons. The van der Waals surface area contributed by atoms with E-state index in [4.69, 9.17) is 11.8 Å². The molecule has 1 saturated carbocycles. The average molecular weight is 344 g/mol. The maximum atomic E-state index is 11.7. The van der Waals surface area contributed by atoms with E-state index >= 15 is 0 Å². The Kier molecular flexibility index (Phi) is 7.19. The Hall–Kier alpha value is -0.580. The van der Waals surface area contributed by atoms with Crippen molar-refractivity contribution in [1.82, 2.24) is 4.24 Å². The molecule has 0 aliphatic heterocycles. The van der Waals surface area contributed by atoms with Crippen LogP contribution in [-0.4, -0.2) is 8.42 Å². The third kappa shape index (κ3) is 5.25. The number of hydrogen-bond donors (Lipinski definition) is 1. The van der Waals surface area contributed by atoms with Crippen LogP contribution in [0.5, 0.6) is 0 Å². The summed E-state index contributed by atoms with van der Waals surface area (Å²) in [7, 11) is -3.56. The van der Waals surface area contributed by atoms with Gasteiger partial charge in [-0.25, -0.2) is 8.42 Å². The molecule has 1 aliphatic carbocycles. The Balaban J connectivity index is 2.06. The van der Waals surface area contributed by atoms with Gasteiger partial charge in [-0.1, -0.05) is 63.5 Å². The lowest BCUT2D eigenvalue weighted by molar-refractivity contribution is 0.514. The first-order valence-corrected chi connectivity index (χ1v) is 10.2. The Morgan fingerprint density at radius 3 is 1.73 bits per heavy atom. The van der Waals surface area contributed by atoms with Gasteiger partial charge < -0.3 is 0 Å². The molecule has 1 aromatic carbocycles. The van der Waals surface area contributed by atoms with Gasteiger partial charge in [0, 0.05) is 0 Å². The number of benzene rings is 1. The lowest BCUT2D eigenvalue weighted by atomic mass is 9.89. The SMILES string of the molecule is O=S(=O)(NCl)c1ccc(C2CCCCCCCCCC2)cc1. The third-order valence-electron chi connectivity index (χ3n) is 4.62. The van der Waals surface area contributed by atoms with Gasteiger partial charge in [0.2, 0.25) is 0 Å². The van der Waals surface area contributed by atoms with Crippen LogP contribution in [-0.2, 0) is 10.0 Å². The topological polar surface area (TPSA) is 46.2 Å². The summed E-state index contributed by atoms with van der Waals surface area (Å²) in [6, 6.07) is 7.22. The summed E-state index contributed by atoms with van der Waals surface area (Å²) in [4.78, 5) is 0.225. The summed E-state index contributed by atoms with van der Waals surface area (Å²) >= 11 is 5.27. The Labute approximate surface area is 139 Å². The van der Waals surface area contributed by atoms with Gasteiger partial charge in [-0.3, -0.25) is 0 Å². The lowest BCUT2D eigenvalue weighted by Crippen LogP contribution is -2.13. The van der Waals surface area contributed by atoms with E-state index in [-0.39, 0.29) is 4.90 Å². The molecule has 2 rings (SSSR count). The number of hydrogen-bond acceptors (Lipinski definition) is 2. The van der Waals surface area contributed by atoms with Crippen LogP contribution in [0.15, 0.2) is 29.2 Å². The summed E-state index contributed by atoms with van der Waals surface area (Å²) in [5, 5.41) is 0. The van der Waals surface area contributed by atoms with E-state index < -0.39 is 10.0 Å². The monoisotopic (exact) mass is 343 g/mol.